The van der Waals surface area contributed by atoms with E-state index in [1.165, 1.54) is 0 Å². The van der Waals surface area contributed by atoms with E-state index < -0.39 is 11.9 Å². The molecule has 0 spiro atoms. The Bertz CT molecular complexity index is 472. The van der Waals surface area contributed by atoms with Crippen molar-refractivity contribution in [2.75, 3.05) is 32.8 Å². The number of esters is 1. The Morgan fingerprint density at radius 1 is 1.24 bits per heavy atom. The van der Waals surface area contributed by atoms with Gasteiger partial charge in [0.25, 0.3) is 0 Å². The SMILES string of the molecule is CCN(CC)CC#CCOC(=O)C(CO)c1ccccc1. The topological polar surface area (TPSA) is 49.8 Å². The van der Waals surface area contributed by atoms with E-state index in [9.17, 15) is 9.90 Å². The minimum atomic E-state index is -0.643. The van der Waals surface area contributed by atoms with Gasteiger partial charge in [0.2, 0.25) is 0 Å². The van der Waals surface area contributed by atoms with Gasteiger partial charge in [0.1, 0.15) is 5.92 Å². The summed E-state index contributed by atoms with van der Waals surface area (Å²) in [5, 5.41) is 9.35. The summed E-state index contributed by atoms with van der Waals surface area (Å²) >= 11 is 0. The molecule has 1 unspecified atom stereocenters. The molecule has 1 N–H and O–H groups in total. The average molecular weight is 289 g/mol. The maximum absolute atomic E-state index is 11.9. The van der Waals surface area contributed by atoms with Crippen LogP contribution in [0.15, 0.2) is 30.3 Å². The molecular formula is C17H23NO3. The maximum atomic E-state index is 11.9. The lowest BCUT2D eigenvalue weighted by Gasteiger charge is -2.13. The molecule has 0 aliphatic rings. The van der Waals surface area contributed by atoms with Gasteiger partial charge in [-0.1, -0.05) is 56.0 Å². The molecule has 0 aliphatic heterocycles. The Kier molecular flexibility index (Phi) is 8.18. The minimum absolute atomic E-state index is 0.0590. The second-order valence-corrected chi connectivity index (χ2v) is 4.57. The molecule has 0 aliphatic carbocycles. The number of hydrogen-bond acceptors (Lipinski definition) is 4. The lowest BCUT2D eigenvalue weighted by molar-refractivity contribution is -0.145. The van der Waals surface area contributed by atoms with Crippen LogP contribution in [0.1, 0.15) is 25.3 Å². The summed E-state index contributed by atoms with van der Waals surface area (Å²) in [6.07, 6.45) is 0. The Morgan fingerprint density at radius 3 is 2.48 bits per heavy atom. The lowest BCUT2D eigenvalue weighted by Crippen LogP contribution is -2.23. The van der Waals surface area contributed by atoms with Crippen molar-refractivity contribution in [3.63, 3.8) is 0 Å². The number of benzene rings is 1. The molecule has 1 aromatic rings. The second-order valence-electron chi connectivity index (χ2n) is 4.57. The summed E-state index contributed by atoms with van der Waals surface area (Å²) in [6.45, 7) is 6.52. The van der Waals surface area contributed by atoms with Gasteiger partial charge in [-0.15, -0.1) is 0 Å². The lowest BCUT2D eigenvalue weighted by atomic mass is 10.0. The van der Waals surface area contributed by atoms with E-state index in [1.54, 1.807) is 12.1 Å². The predicted octanol–water partition coefficient (Wildman–Crippen LogP) is 1.65. The first-order valence-electron chi connectivity index (χ1n) is 7.23. The number of nitrogens with zero attached hydrogens (tertiary/aromatic N) is 1. The second kappa shape index (κ2) is 9.98. The molecule has 0 aromatic heterocycles. The average Bonchev–Trinajstić information content (AvgIpc) is 2.52. The molecule has 1 atom stereocenters. The van der Waals surface area contributed by atoms with Crippen LogP contribution in [-0.4, -0.2) is 48.8 Å². The smallest absolute Gasteiger partial charge is 0.316 e. The number of hydrogen-bond donors (Lipinski definition) is 1. The Balaban J connectivity index is 2.44. The summed E-state index contributed by atoms with van der Waals surface area (Å²) in [5.41, 5.74) is 0.751. The van der Waals surface area contributed by atoms with Gasteiger partial charge in [-0.05, 0) is 18.7 Å². The van der Waals surface area contributed by atoms with Crippen molar-refractivity contribution < 1.29 is 14.6 Å². The van der Waals surface area contributed by atoms with Gasteiger partial charge >= 0.3 is 5.97 Å². The number of carbonyl (C=O) groups is 1. The number of aliphatic hydroxyl groups excluding tert-OH is 1. The molecule has 0 heterocycles. The molecule has 114 valence electrons. The van der Waals surface area contributed by atoms with Crippen LogP contribution in [-0.2, 0) is 9.53 Å². The highest BCUT2D eigenvalue weighted by Crippen LogP contribution is 2.16. The van der Waals surface area contributed by atoms with E-state index in [4.69, 9.17) is 4.74 Å². The van der Waals surface area contributed by atoms with Gasteiger partial charge in [0.15, 0.2) is 6.61 Å². The van der Waals surface area contributed by atoms with Crippen molar-refractivity contribution in [1.82, 2.24) is 4.90 Å². The zero-order chi connectivity index (χ0) is 15.5. The maximum Gasteiger partial charge on any atom is 0.316 e. The Labute approximate surface area is 126 Å². The predicted molar refractivity (Wildman–Crippen MR) is 82.8 cm³/mol. The normalized spacial score (nSPS) is 11.6. The van der Waals surface area contributed by atoms with Crippen LogP contribution in [0.2, 0.25) is 0 Å². The third kappa shape index (κ3) is 5.99. The number of rotatable bonds is 7. The number of aliphatic hydroxyl groups is 1. The van der Waals surface area contributed by atoms with Crippen LogP contribution < -0.4 is 0 Å². The number of carbonyl (C=O) groups excluding carboxylic acids is 1. The van der Waals surface area contributed by atoms with Gasteiger partial charge in [0, 0.05) is 0 Å². The van der Waals surface area contributed by atoms with E-state index in [2.05, 4.69) is 30.6 Å². The van der Waals surface area contributed by atoms with Crippen LogP contribution in [0, 0.1) is 11.8 Å². The highest BCUT2D eigenvalue weighted by atomic mass is 16.5. The molecule has 4 nitrogen and oxygen atoms in total. The van der Waals surface area contributed by atoms with Gasteiger partial charge in [0.05, 0.1) is 13.2 Å². The molecule has 4 heteroatoms. The molecule has 0 amide bonds. The first kappa shape index (κ1) is 17.2. The van der Waals surface area contributed by atoms with Gasteiger partial charge in [-0.2, -0.15) is 0 Å². The fourth-order valence-electron chi connectivity index (χ4n) is 1.88. The van der Waals surface area contributed by atoms with Crippen LogP contribution >= 0.6 is 0 Å². The summed E-state index contributed by atoms with van der Waals surface area (Å²) in [7, 11) is 0. The molecule has 0 saturated carbocycles. The largest absolute Gasteiger partial charge is 0.452 e. The molecule has 0 saturated heterocycles. The number of ether oxygens (including phenoxy) is 1. The molecule has 21 heavy (non-hydrogen) atoms. The molecule has 1 aromatic carbocycles. The standard InChI is InChI=1S/C17H23NO3/c1-3-18(4-2)12-8-9-13-21-17(20)16(14-19)15-10-6-5-7-11-15/h5-7,10-11,16,19H,3-4,12-14H2,1-2H3. The monoisotopic (exact) mass is 289 g/mol. The van der Waals surface area contributed by atoms with Gasteiger partial charge < -0.3 is 9.84 Å². The quantitative estimate of drug-likeness (QED) is 0.612. The Hall–Kier alpha value is -1.83. The fourth-order valence-corrected chi connectivity index (χ4v) is 1.88. The first-order chi connectivity index (χ1) is 10.2. The zero-order valence-corrected chi connectivity index (χ0v) is 12.7. The van der Waals surface area contributed by atoms with E-state index >= 15 is 0 Å². The van der Waals surface area contributed by atoms with E-state index in [1.807, 2.05) is 18.2 Å². The Morgan fingerprint density at radius 2 is 1.90 bits per heavy atom. The summed E-state index contributed by atoms with van der Waals surface area (Å²) < 4.78 is 5.11. The molecule has 0 fully saturated rings. The third-order valence-electron chi connectivity index (χ3n) is 3.28. The van der Waals surface area contributed by atoms with Gasteiger partial charge in [-0.3, -0.25) is 9.69 Å². The molecule has 0 radical (unpaired) electrons. The van der Waals surface area contributed by atoms with Crippen molar-refractivity contribution in [3.05, 3.63) is 35.9 Å². The van der Waals surface area contributed by atoms with Crippen LogP contribution in [0.4, 0.5) is 0 Å². The summed E-state index contributed by atoms with van der Waals surface area (Å²) in [4.78, 5) is 14.1. The molecular weight excluding hydrogens is 266 g/mol. The van der Waals surface area contributed by atoms with Crippen LogP contribution in [0.25, 0.3) is 0 Å². The summed E-state index contributed by atoms with van der Waals surface area (Å²) in [6, 6.07) is 9.12. The van der Waals surface area contributed by atoms with Crippen LogP contribution in [0.5, 0.6) is 0 Å². The fraction of sp³-hybridized carbons (Fsp3) is 0.471. The van der Waals surface area contributed by atoms with Crippen molar-refractivity contribution >= 4 is 5.97 Å². The van der Waals surface area contributed by atoms with Gasteiger partial charge in [-0.25, -0.2) is 0 Å². The van der Waals surface area contributed by atoms with Crippen LogP contribution in [0.3, 0.4) is 0 Å². The van der Waals surface area contributed by atoms with Crippen molar-refractivity contribution in [3.8, 4) is 11.8 Å². The highest BCUT2D eigenvalue weighted by molar-refractivity contribution is 5.78. The van der Waals surface area contributed by atoms with E-state index in [0.717, 1.165) is 18.7 Å². The highest BCUT2D eigenvalue weighted by Gasteiger charge is 2.20. The minimum Gasteiger partial charge on any atom is -0.452 e. The van der Waals surface area contributed by atoms with Crippen molar-refractivity contribution in [2.45, 2.75) is 19.8 Å². The first-order valence-corrected chi connectivity index (χ1v) is 7.23. The zero-order valence-electron chi connectivity index (χ0n) is 12.7. The van der Waals surface area contributed by atoms with Crippen molar-refractivity contribution in [1.29, 1.82) is 0 Å². The van der Waals surface area contributed by atoms with E-state index in [0.29, 0.717) is 6.54 Å². The molecule has 0 bridgehead atoms. The third-order valence-corrected chi connectivity index (χ3v) is 3.28. The van der Waals surface area contributed by atoms with Crippen molar-refractivity contribution in [2.24, 2.45) is 0 Å². The summed E-state index contributed by atoms with van der Waals surface area (Å²) in [5.74, 6) is 4.72. The molecule has 1 rings (SSSR count). The van der Waals surface area contributed by atoms with E-state index in [-0.39, 0.29) is 13.2 Å².